The van der Waals surface area contributed by atoms with Crippen molar-refractivity contribution in [1.29, 1.82) is 0 Å². The summed E-state index contributed by atoms with van der Waals surface area (Å²) in [6.45, 7) is 0.239. The molecule has 0 saturated carbocycles. The van der Waals surface area contributed by atoms with E-state index in [4.69, 9.17) is 14.0 Å². The van der Waals surface area contributed by atoms with Gasteiger partial charge in [0.25, 0.3) is 0 Å². The molecule has 19 heavy (non-hydrogen) atoms. The molecule has 0 aliphatic carbocycles. The quantitative estimate of drug-likeness (QED) is 0.355. The normalized spacial score (nSPS) is 12.3. The van der Waals surface area contributed by atoms with Gasteiger partial charge in [-0.3, -0.25) is 0 Å². The van der Waals surface area contributed by atoms with Gasteiger partial charge < -0.3 is 0 Å². The Balaban J connectivity index is 2.59. The molecule has 1 N–H and O–H groups in total. The molecule has 0 amide bonds. The van der Waals surface area contributed by atoms with Crippen molar-refractivity contribution >= 4 is 64.8 Å². The summed E-state index contributed by atoms with van der Waals surface area (Å²) in [6.07, 6.45) is 0.249. The van der Waals surface area contributed by atoms with Crippen molar-refractivity contribution in [3.63, 3.8) is 0 Å². The van der Waals surface area contributed by atoms with Crippen molar-refractivity contribution in [3.05, 3.63) is 30.0 Å². The van der Waals surface area contributed by atoms with Crippen molar-refractivity contribution in [1.82, 2.24) is 0 Å². The summed E-state index contributed by atoms with van der Waals surface area (Å²) in [5.74, 6) is 1.03. The number of benzene rings is 1. The topological polar surface area (TPSA) is 72.8 Å². The van der Waals surface area contributed by atoms with Gasteiger partial charge in [-0.25, -0.2) is 0 Å². The van der Waals surface area contributed by atoms with Gasteiger partial charge in [0, 0.05) is 0 Å². The monoisotopic (exact) mass is 309 g/mol. The molecule has 0 saturated heterocycles. The van der Waals surface area contributed by atoms with Crippen molar-refractivity contribution < 1.29 is 22.4 Å². The molecule has 0 aliphatic heterocycles. The van der Waals surface area contributed by atoms with Gasteiger partial charge in [0.15, 0.2) is 0 Å². The van der Waals surface area contributed by atoms with Crippen LogP contribution in [-0.2, 0) is 14.9 Å². The van der Waals surface area contributed by atoms with Crippen LogP contribution in [0.4, 0.5) is 0 Å². The first-order valence-corrected chi connectivity index (χ1v) is 9.18. The molecule has 0 unspecified atom stereocenters. The third-order valence-corrected chi connectivity index (χ3v) is 3.97. The van der Waals surface area contributed by atoms with E-state index < -0.39 is 10.1 Å². The SMILES string of the molecule is COc1[c]ccc(C(=[CH][K])OCCCS(=O)(=O)O)c1. The molecule has 0 fully saturated rings. The molecule has 1 radical (unpaired) electrons. The summed E-state index contributed by atoms with van der Waals surface area (Å²) >= 11 is 0.457. The van der Waals surface area contributed by atoms with E-state index in [9.17, 15) is 8.42 Å². The maximum absolute atomic E-state index is 10.6. The average Bonchev–Trinajstić information content (AvgIpc) is 2.37. The number of hydrogen-bond donors (Lipinski definition) is 1. The van der Waals surface area contributed by atoms with E-state index in [-0.39, 0.29) is 18.8 Å². The zero-order chi connectivity index (χ0) is 14.3. The van der Waals surface area contributed by atoms with Crippen LogP contribution in [0, 0.1) is 6.07 Å². The van der Waals surface area contributed by atoms with Crippen LogP contribution in [0.2, 0.25) is 0 Å². The molecule has 0 bridgehead atoms. The number of methoxy groups -OCH3 is 1. The van der Waals surface area contributed by atoms with Crippen LogP contribution in [0.15, 0.2) is 18.4 Å². The Hall–Kier alpha value is 0.106. The minimum absolute atomic E-state index is 0.239. The van der Waals surface area contributed by atoms with Gasteiger partial charge in [-0.15, -0.1) is 0 Å². The Kier molecular flexibility index (Phi) is 7.59. The molecule has 0 heterocycles. The van der Waals surface area contributed by atoms with E-state index in [1.807, 2.05) is 6.24 Å². The molecular formula is C12H14KO5S. The molecular weight excluding hydrogens is 295 g/mol. The first kappa shape index (κ1) is 17.2. The Bertz CT molecular complexity index is 539. The fraction of sp³-hybridized carbons (Fsp3) is 0.333. The van der Waals surface area contributed by atoms with Crippen LogP contribution in [0.1, 0.15) is 12.0 Å². The summed E-state index contributed by atoms with van der Waals surface area (Å²) in [7, 11) is -2.35. The first-order chi connectivity index (χ1) is 8.96. The predicted molar refractivity (Wildman–Crippen MR) is 72.5 cm³/mol. The van der Waals surface area contributed by atoms with Crippen molar-refractivity contribution in [2.75, 3.05) is 19.5 Å². The average molecular weight is 309 g/mol. The molecule has 0 aromatic heterocycles. The van der Waals surface area contributed by atoms with Gasteiger partial charge in [-0.2, -0.15) is 0 Å². The fourth-order valence-electron chi connectivity index (χ4n) is 1.47. The summed E-state index contributed by atoms with van der Waals surface area (Å²) in [5, 5.41) is 0. The zero-order valence-corrected chi connectivity index (χ0v) is 14.9. The first-order valence-electron chi connectivity index (χ1n) is 5.76. The second-order valence-electron chi connectivity index (χ2n) is 3.79. The fourth-order valence-corrected chi connectivity index (χ4v) is 2.74. The predicted octanol–water partition coefficient (Wildman–Crippen LogP) is 1.26. The second-order valence-corrected chi connectivity index (χ2v) is 6.26. The van der Waals surface area contributed by atoms with E-state index in [1.165, 1.54) is 0 Å². The van der Waals surface area contributed by atoms with Gasteiger partial charge in [0.05, 0.1) is 0 Å². The molecule has 1 aromatic carbocycles. The van der Waals surface area contributed by atoms with E-state index >= 15 is 0 Å². The summed E-state index contributed by atoms with van der Waals surface area (Å²) in [4.78, 5) is 0. The van der Waals surface area contributed by atoms with E-state index in [1.54, 1.807) is 19.2 Å². The molecule has 1 aromatic rings. The van der Waals surface area contributed by atoms with Gasteiger partial charge in [-0.05, 0) is 0 Å². The van der Waals surface area contributed by atoms with Crippen LogP contribution in [-0.4, -0.2) is 81.4 Å². The molecule has 0 aliphatic rings. The van der Waals surface area contributed by atoms with Crippen molar-refractivity contribution in [3.8, 4) is 5.75 Å². The number of hydrogen-bond acceptors (Lipinski definition) is 4. The van der Waals surface area contributed by atoms with Crippen LogP contribution in [0.5, 0.6) is 5.75 Å². The van der Waals surface area contributed by atoms with Gasteiger partial charge in [-0.1, -0.05) is 0 Å². The molecule has 0 atom stereocenters. The van der Waals surface area contributed by atoms with E-state index in [0.29, 0.717) is 60.5 Å². The van der Waals surface area contributed by atoms with Crippen LogP contribution in [0.3, 0.4) is 0 Å². The van der Waals surface area contributed by atoms with Crippen LogP contribution < -0.4 is 4.74 Å². The molecule has 0 spiro atoms. The van der Waals surface area contributed by atoms with E-state index in [0.717, 1.165) is 5.56 Å². The molecule has 99 valence electrons. The summed E-state index contributed by atoms with van der Waals surface area (Å²) < 4.78 is 42.3. The Morgan fingerprint density at radius 3 is 2.89 bits per heavy atom. The minimum atomic E-state index is -3.92. The summed E-state index contributed by atoms with van der Waals surface area (Å²) in [6, 6.07) is 8.32. The zero-order valence-electron chi connectivity index (χ0n) is 10.9. The van der Waals surface area contributed by atoms with E-state index in [2.05, 4.69) is 6.07 Å². The molecule has 5 nitrogen and oxygen atoms in total. The Morgan fingerprint density at radius 2 is 2.32 bits per heavy atom. The summed E-state index contributed by atoms with van der Waals surface area (Å²) in [5.41, 5.74) is 0.871. The standard InChI is InChI=1S/C12H14O5S.K/c1-10(17-7-4-8-18(13,14)15)11-5-3-6-12(9-11)16-2;/h1,3,5,9H,4,7-8H2,2H3,(H,13,14,15);. The molecule has 1 rings (SSSR count). The van der Waals surface area contributed by atoms with Crippen LogP contribution >= 0.6 is 0 Å². The third kappa shape index (κ3) is 6.89. The number of ether oxygens (including phenoxy) is 2. The van der Waals surface area contributed by atoms with Crippen LogP contribution in [0.25, 0.3) is 5.76 Å². The Morgan fingerprint density at radius 1 is 1.58 bits per heavy atom. The number of rotatable bonds is 7. The van der Waals surface area contributed by atoms with Crippen molar-refractivity contribution in [2.45, 2.75) is 6.42 Å². The molecule has 7 heteroatoms. The second kappa shape index (κ2) is 8.41. The van der Waals surface area contributed by atoms with Crippen molar-refractivity contribution in [2.24, 2.45) is 0 Å². The maximum atomic E-state index is 10.6. The van der Waals surface area contributed by atoms with Gasteiger partial charge in [0.1, 0.15) is 0 Å². The van der Waals surface area contributed by atoms with Gasteiger partial charge in [0.2, 0.25) is 0 Å². The Labute approximate surface area is 147 Å². The van der Waals surface area contributed by atoms with Gasteiger partial charge >= 0.3 is 149 Å². The third-order valence-electron chi connectivity index (χ3n) is 2.35.